The fraction of sp³-hybridized carbons (Fsp3) is 0.618. The number of ether oxygens (including phenoxy) is 1. The standard InChI is InChI=1S/C34H44ClN5O8S/c1-32(2,3)47-31(44)36-25-13-8-6-4-5-7-11-22-17-34(22,30(43)39-49(45,46)24-14-15-24)37-28(41)27-19-33(20-40(27)29(25)42)18-26(38-48-33)21-10-9-12-23(35)16-21/h7,9-12,16,22,24-25,27H,4-6,8,13-15,17-20H2,1-3H3,(H,36,44)(H,37,41)(H,39,43)/b11-7-/t22-,25+,27+,33+,34-/m1/s1. The highest BCUT2D eigenvalue weighted by Crippen LogP contribution is 2.47. The maximum Gasteiger partial charge on any atom is 0.408 e. The maximum absolute atomic E-state index is 14.4. The maximum atomic E-state index is 14.4. The molecule has 1 aromatic rings. The number of fused-ring (bicyclic) bond motifs is 2. The lowest BCUT2D eigenvalue weighted by molar-refractivity contribution is -0.141. The van der Waals surface area contributed by atoms with Crippen LogP contribution in [0.3, 0.4) is 0 Å². The Hall–Kier alpha value is -3.65. The molecule has 0 aromatic heterocycles. The molecule has 49 heavy (non-hydrogen) atoms. The van der Waals surface area contributed by atoms with E-state index in [0.717, 1.165) is 18.4 Å². The summed E-state index contributed by atoms with van der Waals surface area (Å²) in [7, 11) is -3.88. The monoisotopic (exact) mass is 717 g/mol. The first-order valence-corrected chi connectivity index (χ1v) is 18.9. The topological polar surface area (TPSA) is 173 Å². The van der Waals surface area contributed by atoms with Crippen LogP contribution in [0.25, 0.3) is 0 Å². The van der Waals surface area contributed by atoms with Crippen LogP contribution in [0.5, 0.6) is 0 Å². The molecular formula is C34H44ClN5O8S. The Bertz CT molecular complexity index is 1690. The predicted molar refractivity (Wildman–Crippen MR) is 181 cm³/mol. The molecule has 3 aliphatic heterocycles. The highest BCUT2D eigenvalue weighted by molar-refractivity contribution is 7.91. The molecule has 4 amide bonds. The van der Waals surface area contributed by atoms with E-state index in [1.54, 1.807) is 39.0 Å². The average molecular weight is 718 g/mol. The lowest BCUT2D eigenvalue weighted by Crippen LogP contribution is -2.58. The van der Waals surface area contributed by atoms with E-state index in [2.05, 4.69) is 20.5 Å². The second-order valence-electron chi connectivity index (χ2n) is 14.9. The number of halogens is 1. The molecule has 6 rings (SSSR count). The Kier molecular flexibility index (Phi) is 9.50. The summed E-state index contributed by atoms with van der Waals surface area (Å²) in [6.45, 7) is 5.17. The Labute approximate surface area is 291 Å². The van der Waals surface area contributed by atoms with Crippen molar-refractivity contribution in [1.29, 1.82) is 0 Å². The largest absolute Gasteiger partial charge is 0.444 e. The molecule has 0 bridgehead atoms. The second-order valence-corrected chi connectivity index (χ2v) is 17.3. The van der Waals surface area contributed by atoms with Gasteiger partial charge in [-0.3, -0.25) is 19.1 Å². The van der Waals surface area contributed by atoms with Gasteiger partial charge in [0.1, 0.15) is 23.2 Å². The summed E-state index contributed by atoms with van der Waals surface area (Å²) in [6, 6.07) is 5.04. The zero-order valence-corrected chi connectivity index (χ0v) is 29.6. The summed E-state index contributed by atoms with van der Waals surface area (Å²) >= 11 is 6.23. The SMILES string of the molecule is CC(C)(C)OC(=O)N[C@H]1CCCCC/C=C\[C@@H]2C[C@@]2(C(=O)NS(=O)(=O)C2CC2)NC(=O)[C@@H]2C[C@@]3(CC(c4cccc(Cl)c4)=NO3)CN2C1=O. The number of amides is 4. The Balaban J connectivity index is 1.30. The number of hydrogen-bond donors (Lipinski definition) is 3. The van der Waals surface area contributed by atoms with E-state index < -0.39 is 73.8 Å². The van der Waals surface area contributed by atoms with E-state index in [4.69, 9.17) is 21.2 Å². The summed E-state index contributed by atoms with van der Waals surface area (Å²) in [5.41, 5.74) is -2.00. The Morgan fingerprint density at radius 3 is 2.61 bits per heavy atom. The Morgan fingerprint density at radius 1 is 1.12 bits per heavy atom. The predicted octanol–water partition coefficient (Wildman–Crippen LogP) is 3.70. The third-order valence-corrected chi connectivity index (χ3v) is 11.7. The van der Waals surface area contributed by atoms with Gasteiger partial charge in [0, 0.05) is 29.3 Å². The third-order valence-electron chi connectivity index (χ3n) is 9.67. The van der Waals surface area contributed by atoms with Gasteiger partial charge in [-0.2, -0.15) is 0 Å². The van der Waals surface area contributed by atoms with Crippen molar-refractivity contribution in [3.05, 3.63) is 47.0 Å². The molecule has 5 aliphatic rings. The van der Waals surface area contributed by atoms with Crippen LogP contribution in [0.15, 0.2) is 41.6 Å². The average Bonchev–Trinajstić information content (AvgIpc) is 3.92. The smallest absolute Gasteiger partial charge is 0.408 e. The van der Waals surface area contributed by atoms with Gasteiger partial charge in [-0.1, -0.05) is 53.9 Å². The molecule has 13 nitrogen and oxygen atoms in total. The number of nitrogens with zero attached hydrogens (tertiary/aromatic N) is 2. The number of carbonyl (C=O) groups excluding carboxylic acids is 4. The Morgan fingerprint density at radius 2 is 1.90 bits per heavy atom. The number of rotatable bonds is 5. The van der Waals surface area contributed by atoms with Gasteiger partial charge in [-0.15, -0.1) is 0 Å². The molecule has 2 aliphatic carbocycles. The van der Waals surface area contributed by atoms with E-state index in [0.29, 0.717) is 42.8 Å². The molecule has 0 radical (unpaired) electrons. The first kappa shape index (κ1) is 35.2. The second kappa shape index (κ2) is 13.2. The summed E-state index contributed by atoms with van der Waals surface area (Å²) in [6.07, 6.45) is 7.77. The van der Waals surface area contributed by atoms with Gasteiger partial charge in [-0.05, 0) is 71.4 Å². The van der Waals surface area contributed by atoms with Gasteiger partial charge in [0.05, 0.1) is 17.5 Å². The van der Waals surface area contributed by atoms with Crippen LogP contribution in [0, 0.1) is 5.92 Å². The summed E-state index contributed by atoms with van der Waals surface area (Å²) < 4.78 is 33.2. The molecular weight excluding hydrogens is 674 g/mol. The molecule has 2 saturated carbocycles. The van der Waals surface area contributed by atoms with Crippen molar-refractivity contribution in [3.8, 4) is 0 Å². The summed E-state index contributed by atoms with van der Waals surface area (Å²) in [4.78, 5) is 62.7. The van der Waals surface area contributed by atoms with Crippen LogP contribution >= 0.6 is 11.6 Å². The molecule has 266 valence electrons. The highest BCUT2D eigenvalue weighted by atomic mass is 35.5. The zero-order chi connectivity index (χ0) is 35.2. The number of sulfonamides is 1. The fourth-order valence-electron chi connectivity index (χ4n) is 6.87. The normalized spacial score (nSPS) is 31.2. The first-order valence-electron chi connectivity index (χ1n) is 17.0. The molecule has 1 aromatic carbocycles. The van der Waals surface area contributed by atoms with Crippen LogP contribution in [0.2, 0.25) is 5.02 Å². The molecule has 1 spiro atoms. The lowest BCUT2D eigenvalue weighted by Gasteiger charge is -2.30. The highest BCUT2D eigenvalue weighted by Gasteiger charge is 2.63. The molecule has 3 N–H and O–H groups in total. The van der Waals surface area contributed by atoms with E-state index in [1.807, 2.05) is 18.2 Å². The molecule has 0 unspecified atom stereocenters. The van der Waals surface area contributed by atoms with Gasteiger partial charge in [0.2, 0.25) is 21.8 Å². The minimum Gasteiger partial charge on any atom is -0.444 e. The van der Waals surface area contributed by atoms with Crippen molar-refractivity contribution in [1.82, 2.24) is 20.3 Å². The summed E-state index contributed by atoms with van der Waals surface area (Å²) in [5, 5.41) is 9.84. The van der Waals surface area contributed by atoms with E-state index >= 15 is 0 Å². The van der Waals surface area contributed by atoms with Crippen molar-refractivity contribution < 1.29 is 37.2 Å². The van der Waals surface area contributed by atoms with Crippen molar-refractivity contribution in [2.75, 3.05) is 6.54 Å². The number of carbonyl (C=O) groups is 4. The minimum absolute atomic E-state index is 0.0113. The number of alkyl carbamates (subject to hydrolysis) is 1. The number of hydrogen-bond acceptors (Lipinski definition) is 9. The van der Waals surface area contributed by atoms with Gasteiger partial charge in [-0.25, -0.2) is 13.2 Å². The molecule has 3 fully saturated rings. The first-order chi connectivity index (χ1) is 23.1. The van der Waals surface area contributed by atoms with Crippen LogP contribution in [0.4, 0.5) is 4.79 Å². The van der Waals surface area contributed by atoms with Crippen LogP contribution in [-0.2, 0) is 34.0 Å². The number of benzene rings is 1. The van der Waals surface area contributed by atoms with Crippen LogP contribution in [0.1, 0.15) is 90.5 Å². The van der Waals surface area contributed by atoms with Crippen molar-refractivity contribution >= 4 is 51.2 Å². The van der Waals surface area contributed by atoms with Gasteiger partial charge in [0.25, 0.3) is 5.91 Å². The molecule has 3 heterocycles. The number of allylic oxidation sites excluding steroid dienone is 1. The van der Waals surface area contributed by atoms with Gasteiger partial charge < -0.3 is 25.1 Å². The molecule has 5 atom stereocenters. The van der Waals surface area contributed by atoms with Crippen molar-refractivity contribution in [2.24, 2.45) is 11.1 Å². The summed E-state index contributed by atoms with van der Waals surface area (Å²) in [5.74, 6) is -2.31. The quantitative estimate of drug-likeness (QED) is 0.387. The molecule has 1 saturated heterocycles. The van der Waals surface area contributed by atoms with E-state index in [-0.39, 0.29) is 25.8 Å². The van der Waals surface area contributed by atoms with E-state index in [1.165, 1.54) is 4.90 Å². The number of oxime groups is 1. The minimum atomic E-state index is -3.88. The number of nitrogens with one attached hydrogen (secondary N) is 3. The lowest BCUT2D eigenvalue weighted by atomic mass is 9.91. The zero-order valence-electron chi connectivity index (χ0n) is 28.0. The van der Waals surface area contributed by atoms with Gasteiger partial charge >= 0.3 is 6.09 Å². The van der Waals surface area contributed by atoms with Crippen molar-refractivity contribution in [2.45, 2.75) is 119 Å². The van der Waals surface area contributed by atoms with Crippen LogP contribution in [-0.4, -0.2) is 83.5 Å². The van der Waals surface area contributed by atoms with E-state index in [9.17, 15) is 27.6 Å². The third kappa shape index (κ3) is 7.90. The van der Waals surface area contributed by atoms with Crippen molar-refractivity contribution in [3.63, 3.8) is 0 Å². The van der Waals surface area contributed by atoms with Gasteiger partial charge in [0.15, 0.2) is 5.60 Å². The van der Waals surface area contributed by atoms with Crippen LogP contribution < -0.4 is 15.4 Å². The molecule has 15 heteroatoms. The fourth-order valence-corrected chi connectivity index (χ4v) is 8.43.